The molecule has 0 aliphatic carbocycles. The number of pyridine rings is 1. The van der Waals surface area contributed by atoms with E-state index in [4.69, 9.17) is 9.47 Å². The molecule has 0 radical (unpaired) electrons. The van der Waals surface area contributed by atoms with Crippen LogP contribution in [0.4, 0.5) is 0 Å². The number of fused-ring (bicyclic) bond motifs is 1. The summed E-state index contributed by atoms with van der Waals surface area (Å²) in [5, 5.41) is 12.6. The molecule has 18 heavy (non-hydrogen) atoms. The molecule has 0 saturated heterocycles. The van der Waals surface area contributed by atoms with Crippen molar-refractivity contribution in [2.24, 2.45) is 0 Å². The SMILES string of the molecule is COC(OC)C(C)(O)c1cncc2ccccc12. The molecule has 0 amide bonds. The topological polar surface area (TPSA) is 51.6 Å². The average molecular weight is 247 g/mol. The van der Waals surface area contributed by atoms with Gasteiger partial charge in [-0.15, -0.1) is 0 Å². The van der Waals surface area contributed by atoms with E-state index in [-0.39, 0.29) is 0 Å². The minimum absolute atomic E-state index is 0.689. The first-order chi connectivity index (χ1) is 8.61. The van der Waals surface area contributed by atoms with Crippen LogP contribution in [-0.2, 0) is 15.1 Å². The maximum Gasteiger partial charge on any atom is 0.189 e. The van der Waals surface area contributed by atoms with Crippen molar-refractivity contribution < 1.29 is 14.6 Å². The number of aromatic nitrogens is 1. The summed E-state index contributed by atoms with van der Waals surface area (Å²) in [6.45, 7) is 1.66. The molecule has 1 unspecified atom stereocenters. The van der Waals surface area contributed by atoms with Gasteiger partial charge in [0.05, 0.1) is 0 Å². The molecule has 1 atom stereocenters. The number of rotatable bonds is 4. The third-order valence-electron chi connectivity index (χ3n) is 3.10. The maximum absolute atomic E-state index is 10.7. The van der Waals surface area contributed by atoms with Gasteiger partial charge < -0.3 is 14.6 Å². The average Bonchev–Trinajstić information content (AvgIpc) is 2.39. The van der Waals surface area contributed by atoms with Crippen molar-refractivity contribution in [3.8, 4) is 0 Å². The molecule has 1 aromatic carbocycles. The van der Waals surface area contributed by atoms with Crippen molar-refractivity contribution in [2.75, 3.05) is 14.2 Å². The van der Waals surface area contributed by atoms with Gasteiger partial charge in [0.1, 0.15) is 5.60 Å². The number of ether oxygens (including phenoxy) is 2. The van der Waals surface area contributed by atoms with E-state index in [2.05, 4.69) is 4.98 Å². The van der Waals surface area contributed by atoms with Gasteiger partial charge in [-0.2, -0.15) is 0 Å². The lowest BCUT2D eigenvalue weighted by atomic mass is 9.92. The monoisotopic (exact) mass is 247 g/mol. The highest BCUT2D eigenvalue weighted by atomic mass is 16.7. The van der Waals surface area contributed by atoms with E-state index in [1.165, 1.54) is 14.2 Å². The lowest BCUT2D eigenvalue weighted by Gasteiger charge is -2.31. The summed E-state index contributed by atoms with van der Waals surface area (Å²) in [7, 11) is 3.00. The van der Waals surface area contributed by atoms with E-state index >= 15 is 0 Å². The maximum atomic E-state index is 10.7. The second-order valence-corrected chi connectivity index (χ2v) is 4.36. The zero-order chi connectivity index (χ0) is 13.2. The van der Waals surface area contributed by atoms with Gasteiger partial charge in [-0.3, -0.25) is 4.98 Å². The normalized spacial score (nSPS) is 14.9. The smallest absolute Gasteiger partial charge is 0.189 e. The van der Waals surface area contributed by atoms with Crippen molar-refractivity contribution in [3.05, 3.63) is 42.2 Å². The molecule has 0 bridgehead atoms. The Kier molecular flexibility index (Phi) is 3.61. The van der Waals surface area contributed by atoms with Gasteiger partial charge in [-0.1, -0.05) is 24.3 Å². The van der Waals surface area contributed by atoms with Gasteiger partial charge >= 0.3 is 0 Å². The van der Waals surface area contributed by atoms with Crippen molar-refractivity contribution in [1.82, 2.24) is 4.98 Å². The summed E-state index contributed by atoms with van der Waals surface area (Å²) in [5.74, 6) is 0. The summed E-state index contributed by atoms with van der Waals surface area (Å²) >= 11 is 0. The standard InChI is InChI=1S/C14H17NO3/c1-14(16,13(17-2)18-3)12-9-15-8-10-6-4-5-7-11(10)12/h4-9,13,16H,1-3H3. The van der Waals surface area contributed by atoms with Gasteiger partial charge in [-0.25, -0.2) is 0 Å². The molecule has 96 valence electrons. The van der Waals surface area contributed by atoms with Gasteiger partial charge in [0.2, 0.25) is 0 Å². The van der Waals surface area contributed by atoms with E-state index in [9.17, 15) is 5.11 Å². The van der Waals surface area contributed by atoms with Crippen LogP contribution in [0.3, 0.4) is 0 Å². The molecular formula is C14H17NO3. The molecule has 2 rings (SSSR count). The van der Waals surface area contributed by atoms with E-state index in [1.54, 1.807) is 19.3 Å². The van der Waals surface area contributed by atoms with Crippen LogP contribution in [0.2, 0.25) is 0 Å². The zero-order valence-electron chi connectivity index (χ0n) is 10.8. The van der Waals surface area contributed by atoms with Crippen LogP contribution >= 0.6 is 0 Å². The van der Waals surface area contributed by atoms with Crippen molar-refractivity contribution >= 4 is 10.8 Å². The fraction of sp³-hybridized carbons (Fsp3) is 0.357. The van der Waals surface area contributed by atoms with Crippen molar-refractivity contribution in [3.63, 3.8) is 0 Å². The Balaban J connectivity index is 2.59. The molecule has 0 aliphatic heterocycles. The first-order valence-corrected chi connectivity index (χ1v) is 5.72. The van der Waals surface area contributed by atoms with Crippen molar-refractivity contribution in [2.45, 2.75) is 18.8 Å². The minimum atomic E-state index is -1.27. The Bertz CT molecular complexity index is 530. The molecule has 0 spiro atoms. The van der Waals surface area contributed by atoms with E-state index in [0.29, 0.717) is 5.56 Å². The number of hydrogen-bond acceptors (Lipinski definition) is 4. The summed E-state index contributed by atoms with van der Waals surface area (Å²) in [4.78, 5) is 4.16. The summed E-state index contributed by atoms with van der Waals surface area (Å²) < 4.78 is 10.3. The van der Waals surface area contributed by atoms with Crippen molar-refractivity contribution in [1.29, 1.82) is 0 Å². The first-order valence-electron chi connectivity index (χ1n) is 5.72. The number of hydrogen-bond donors (Lipinski definition) is 1. The van der Waals surface area contributed by atoms with E-state index in [1.807, 2.05) is 24.3 Å². The molecule has 4 heteroatoms. The Morgan fingerprint density at radius 1 is 1.17 bits per heavy atom. The highest BCUT2D eigenvalue weighted by molar-refractivity contribution is 5.85. The summed E-state index contributed by atoms with van der Waals surface area (Å²) in [5.41, 5.74) is -0.577. The van der Waals surface area contributed by atoms with Gasteiger partial charge in [0.25, 0.3) is 0 Å². The Morgan fingerprint density at radius 3 is 2.50 bits per heavy atom. The summed E-state index contributed by atoms with van der Waals surface area (Å²) in [6.07, 6.45) is 2.67. The molecule has 0 fully saturated rings. The number of nitrogens with zero attached hydrogens (tertiary/aromatic N) is 1. The highest BCUT2D eigenvalue weighted by Gasteiger charge is 2.35. The van der Waals surface area contributed by atoms with Crippen LogP contribution in [0.15, 0.2) is 36.7 Å². The first kappa shape index (κ1) is 13.0. The quantitative estimate of drug-likeness (QED) is 0.840. The van der Waals surface area contributed by atoms with Crippen LogP contribution in [0.25, 0.3) is 10.8 Å². The lowest BCUT2D eigenvalue weighted by molar-refractivity contribution is -0.212. The van der Waals surface area contributed by atoms with Crippen LogP contribution in [0.1, 0.15) is 12.5 Å². The molecule has 1 heterocycles. The van der Waals surface area contributed by atoms with Crippen LogP contribution in [0, 0.1) is 0 Å². The molecule has 2 aromatic rings. The van der Waals surface area contributed by atoms with Crippen LogP contribution in [-0.4, -0.2) is 30.6 Å². The Labute approximate surface area is 106 Å². The second-order valence-electron chi connectivity index (χ2n) is 4.36. The molecule has 1 aromatic heterocycles. The predicted molar refractivity (Wildman–Crippen MR) is 69.1 cm³/mol. The van der Waals surface area contributed by atoms with Crippen LogP contribution in [0.5, 0.6) is 0 Å². The fourth-order valence-electron chi connectivity index (χ4n) is 2.20. The third kappa shape index (κ3) is 2.10. The molecule has 4 nitrogen and oxygen atoms in total. The Morgan fingerprint density at radius 2 is 1.83 bits per heavy atom. The minimum Gasteiger partial charge on any atom is -0.380 e. The summed E-state index contributed by atoms with van der Waals surface area (Å²) in [6, 6.07) is 7.77. The third-order valence-corrected chi connectivity index (χ3v) is 3.10. The van der Waals surface area contributed by atoms with E-state index < -0.39 is 11.9 Å². The second kappa shape index (κ2) is 5.02. The predicted octanol–water partition coefficient (Wildman–Crippen LogP) is 2.06. The van der Waals surface area contributed by atoms with Crippen LogP contribution < -0.4 is 0 Å². The molecule has 0 saturated carbocycles. The number of methoxy groups -OCH3 is 2. The van der Waals surface area contributed by atoms with Gasteiger partial charge in [0.15, 0.2) is 6.29 Å². The zero-order valence-corrected chi connectivity index (χ0v) is 10.8. The Hall–Kier alpha value is -1.49. The number of aliphatic hydroxyl groups is 1. The van der Waals surface area contributed by atoms with Gasteiger partial charge in [-0.05, 0) is 12.3 Å². The van der Waals surface area contributed by atoms with E-state index in [0.717, 1.165) is 10.8 Å². The van der Waals surface area contributed by atoms with Gasteiger partial charge in [0, 0.05) is 37.6 Å². The number of benzene rings is 1. The highest BCUT2D eigenvalue weighted by Crippen LogP contribution is 2.31. The molecule has 0 aliphatic rings. The molecule has 1 N–H and O–H groups in total. The lowest BCUT2D eigenvalue weighted by Crippen LogP contribution is -2.39. The largest absolute Gasteiger partial charge is 0.380 e. The molecular weight excluding hydrogens is 230 g/mol. The fourth-order valence-corrected chi connectivity index (χ4v) is 2.20.